The maximum Gasteiger partial charge on any atom is 0.0638 e. The number of aromatic nitrogens is 2. The van der Waals surface area contributed by atoms with E-state index in [4.69, 9.17) is 0 Å². The molecule has 3 heteroatoms. The Hall–Kier alpha value is -0.830. The molecule has 100 valence electrons. The number of aromatic amines is 1. The van der Waals surface area contributed by atoms with Crippen LogP contribution >= 0.6 is 0 Å². The van der Waals surface area contributed by atoms with Crippen molar-refractivity contribution in [2.75, 3.05) is 0 Å². The molecule has 3 nitrogen and oxygen atoms in total. The molecule has 1 aromatic heterocycles. The van der Waals surface area contributed by atoms with Gasteiger partial charge in [-0.05, 0) is 57.8 Å². The molecule has 4 atom stereocenters. The van der Waals surface area contributed by atoms with Gasteiger partial charge < -0.3 is 5.32 Å². The molecule has 0 spiro atoms. The highest BCUT2D eigenvalue weighted by molar-refractivity contribution is 5.22. The van der Waals surface area contributed by atoms with Crippen molar-refractivity contribution in [1.29, 1.82) is 0 Å². The van der Waals surface area contributed by atoms with Gasteiger partial charge in [-0.25, -0.2) is 0 Å². The van der Waals surface area contributed by atoms with Crippen LogP contribution < -0.4 is 5.32 Å². The molecule has 0 saturated heterocycles. The van der Waals surface area contributed by atoms with E-state index in [9.17, 15) is 0 Å². The molecule has 0 aliphatic heterocycles. The summed E-state index contributed by atoms with van der Waals surface area (Å²) in [5.41, 5.74) is 3.70. The number of hydrogen-bond acceptors (Lipinski definition) is 2. The van der Waals surface area contributed by atoms with Gasteiger partial charge in [0.25, 0.3) is 0 Å². The highest BCUT2D eigenvalue weighted by Crippen LogP contribution is 2.49. The molecule has 2 aliphatic rings. The highest BCUT2D eigenvalue weighted by atomic mass is 15.1. The van der Waals surface area contributed by atoms with Gasteiger partial charge >= 0.3 is 0 Å². The molecule has 2 aliphatic carbocycles. The van der Waals surface area contributed by atoms with E-state index in [1.165, 1.54) is 36.9 Å². The van der Waals surface area contributed by atoms with Gasteiger partial charge in [0.15, 0.2) is 0 Å². The van der Waals surface area contributed by atoms with E-state index in [0.29, 0.717) is 6.04 Å². The first-order valence-corrected chi connectivity index (χ1v) is 7.39. The fourth-order valence-corrected chi connectivity index (χ4v) is 4.16. The zero-order valence-electron chi connectivity index (χ0n) is 11.8. The normalized spacial score (nSPS) is 32.1. The Labute approximate surface area is 110 Å². The first-order valence-electron chi connectivity index (χ1n) is 7.39. The molecule has 2 fully saturated rings. The summed E-state index contributed by atoms with van der Waals surface area (Å²) in [5.74, 6) is 2.96. The SMILES string of the molecule is Cc1n[nH]c(C)c1CNC(C)C1CC2CCC1C2. The number of hydrogen-bond donors (Lipinski definition) is 2. The molecule has 2 N–H and O–H groups in total. The standard InChI is InChI=1S/C15H25N3/c1-9(14-7-12-4-5-13(14)6-12)16-8-15-10(2)17-18-11(15)3/h9,12-14,16H,4-8H2,1-3H3,(H,17,18). The Balaban J connectivity index is 1.57. The number of nitrogens with zero attached hydrogens (tertiary/aromatic N) is 1. The van der Waals surface area contributed by atoms with Crippen LogP contribution in [0.5, 0.6) is 0 Å². The van der Waals surface area contributed by atoms with Crippen molar-refractivity contribution in [2.45, 2.75) is 59.0 Å². The predicted molar refractivity (Wildman–Crippen MR) is 73.3 cm³/mol. The zero-order valence-corrected chi connectivity index (χ0v) is 11.8. The summed E-state index contributed by atoms with van der Waals surface area (Å²) in [5, 5.41) is 11.1. The third-order valence-corrected chi connectivity index (χ3v) is 5.32. The second-order valence-corrected chi connectivity index (χ2v) is 6.42. The van der Waals surface area contributed by atoms with Crippen LogP contribution in [0.15, 0.2) is 0 Å². The zero-order chi connectivity index (χ0) is 12.7. The van der Waals surface area contributed by atoms with Crippen molar-refractivity contribution in [3.05, 3.63) is 17.0 Å². The number of nitrogens with one attached hydrogen (secondary N) is 2. The van der Waals surface area contributed by atoms with Gasteiger partial charge in [0.2, 0.25) is 0 Å². The fourth-order valence-electron chi connectivity index (χ4n) is 4.16. The second kappa shape index (κ2) is 4.69. The summed E-state index contributed by atoms with van der Waals surface area (Å²) in [7, 11) is 0. The molecule has 18 heavy (non-hydrogen) atoms. The Morgan fingerprint density at radius 3 is 2.72 bits per heavy atom. The number of rotatable bonds is 4. The molecular weight excluding hydrogens is 222 g/mol. The van der Waals surface area contributed by atoms with Crippen molar-refractivity contribution >= 4 is 0 Å². The van der Waals surface area contributed by atoms with Gasteiger partial charge in [-0.1, -0.05) is 6.42 Å². The molecule has 0 amide bonds. The van der Waals surface area contributed by atoms with Gasteiger partial charge in [-0.2, -0.15) is 5.10 Å². The second-order valence-electron chi connectivity index (χ2n) is 6.42. The highest BCUT2D eigenvalue weighted by Gasteiger charge is 2.41. The van der Waals surface area contributed by atoms with Crippen LogP contribution in [-0.4, -0.2) is 16.2 Å². The van der Waals surface area contributed by atoms with Crippen molar-refractivity contribution in [2.24, 2.45) is 17.8 Å². The predicted octanol–water partition coefficient (Wildman–Crippen LogP) is 2.94. The van der Waals surface area contributed by atoms with Gasteiger partial charge in [0, 0.05) is 23.8 Å². The van der Waals surface area contributed by atoms with E-state index >= 15 is 0 Å². The summed E-state index contributed by atoms with van der Waals surface area (Å²) < 4.78 is 0. The number of fused-ring (bicyclic) bond motifs is 2. The lowest BCUT2D eigenvalue weighted by atomic mass is 9.84. The Bertz CT molecular complexity index is 404. The third-order valence-electron chi connectivity index (χ3n) is 5.32. The van der Waals surface area contributed by atoms with Gasteiger partial charge in [0.1, 0.15) is 0 Å². The molecule has 0 radical (unpaired) electrons. The smallest absolute Gasteiger partial charge is 0.0638 e. The Morgan fingerprint density at radius 1 is 1.33 bits per heavy atom. The minimum atomic E-state index is 0.647. The molecule has 3 rings (SSSR count). The maximum atomic E-state index is 4.26. The van der Waals surface area contributed by atoms with Crippen LogP contribution in [0.4, 0.5) is 0 Å². The molecule has 0 aromatic carbocycles. The van der Waals surface area contributed by atoms with E-state index < -0.39 is 0 Å². The number of aryl methyl sites for hydroxylation is 2. The van der Waals surface area contributed by atoms with Crippen LogP contribution in [0.3, 0.4) is 0 Å². The Kier molecular flexibility index (Phi) is 3.18. The minimum absolute atomic E-state index is 0.647. The lowest BCUT2D eigenvalue weighted by Gasteiger charge is -2.28. The average Bonchev–Trinajstić information content (AvgIpc) is 3.04. The van der Waals surface area contributed by atoms with Crippen LogP contribution in [0.1, 0.15) is 49.6 Å². The van der Waals surface area contributed by atoms with Gasteiger partial charge in [-0.15, -0.1) is 0 Å². The van der Waals surface area contributed by atoms with E-state index in [1.54, 1.807) is 0 Å². The van der Waals surface area contributed by atoms with Gasteiger partial charge in [0.05, 0.1) is 5.69 Å². The van der Waals surface area contributed by atoms with Crippen LogP contribution in [0.2, 0.25) is 0 Å². The maximum absolute atomic E-state index is 4.26. The van der Waals surface area contributed by atoms with Crippen LogP contribution in [0, 0.1) is 31.6 Å². The quantitative estimate of drug-likeness (QED) is 0.859. The third kappa shape index (κ3) is 2.09. The first kappa shape index (κ1) is 12.2. The molecule has 2 saturated carbocycles. The monoisotopic (exact) mass is 247 g/mol. The Morgan fingerprint density at radius 2 is 2.17 bits per heavy atom. The van der Waals surface area contributed by atoms with Crippen LogP contribution in [-0.2, 0) is 6.54 Å². The minimum Gasteiger partial charge on any atom is -0.310 e. The van der Waals surface area contributed by atoms with E-state index in [0.717, 1.165) is 30.0 Å². The first-order chi connectivity index (χ1) is 8.65. The van der Waals surface area contributed by atoms with Crippen molar-refractivity contribution in [3.63, 3.8) is 0 Å². The fraction of sp³-hybridized carbons (Fsp3) is 0.800. The molecule has 4 unspecified atom stereocenters. The van der Waals surface area contributed by atoms with Crippen molar-refractivity contribution in [1.82, 2.24) is 15.5 Å². The topological polar surface area (TPSA) is 40.7 Å². The van der Waals surface area contributed by atoms with Crippen LogP contribution in [0.25, 0.3) is 0 Å². The lowest BCUT2D eigenvalue weighted by Crippen LogP contribution is -2.36. The summed E-state index contributed by atoms with van der Waals surface area (Å²) in [4.78, 5) is 0. The largest absolute Gasteiger partial charge is 0.310 e. The van der Waals surface area contributed by atoms with E-state index in [-0.39, 0.29) is 0 Å². The van der Waals surface area contributed by atoms with Gasteiger partial charge in [-0.3, -0.25) is 5.10 Å². The molecular formula is C15H25N3. The molecule has 1 aromatic rings. The van der Waals surface area contributed by atoms with Crippen molar-refractivity contribution < 1.29 is 0 Å². The summed E-state index contributed by atoms with van der Waals surface area (Å²) in [6.45, 7) is 7.53. The number of H-pyrrole nitrogens is 1. The van der Waals surface area contributed by atoms with Crippen molar-refractivity contribution in [3.8, 4) is 0 Å². The van der Waals surface area contributed by atoms with E-state index in [1.807, 2.05) is 0 Å². The lowest BCUT2D eigenvalue weighted by molar-refractivity contribution is 0.259. The van der Waals surface area contributed by atoms with E-state index in [2.05, 4.69) is 36.3 Å². The summed E-state index contributed by atoms with van der Waals surface area (Å²) in [6, 6.07) is 0.647. The molecule has 2 bridgehead atoms. The summed E-state index contributed by atoms with van der Waals surface area (Å²) >= 11 is 0. The summed E-state index contributed by atoms with van der Waals surface area (Å²) in [6.07, 6.45) is 5.93. The average molecular weight is 247 g/mol. The molecule has 1 heterocycles.